The molecule has 4 atom stereocenters. The molecule has 0 radical (unpaired) electrons. The zero-order chi connectivity index (χ0) is 46.5. The highest BCUT2D eigenvalue weighted by atomic mass is 35.5. The summed E-state index contributed by atoms with van der Waals surface area (Å²) in [4.78, 5) is 55.7. The van der Waals surface area contributed by atoms with Crippen LogP contribution in [0, 0.1) is 23.7 Å². The molecule has 0 bridgehead atoms. The molecule has 4 aliphatic heterocycles. The fourth-order valence-electron chi connectivity index (χ4n) is 8.82. The number of fused-ring (bicyclic) bond motifs is 2. The van der Waals surface area contributed by atoms with Gasteiger partial charge in [0.2, 0.25) is 35.6 Å². The normalized spacial score (nSPS) is 21.5. The summed E-state index contributed by atoms with van der Waals surface area (Å²) in [6.07, 6.45) is 16.2. The van der Waals surface area contributed by atoms with E-state index < -0.39 is 24.0 Å². The van der Waals surface area contributed by atoms with Gasteiger partial charge in [-0.3, -0.25) is 19.6 Å². The van der Waals surface area contributed by atoms with Crippen LogP contribution in [-0.2, 0) is 9.59 Å². The molecular formula is C48H52Cl2F2N16O2. The molecule has 6 aromatic rings. The number of halogens is 4. The summed E-state index contributed by atoms with van der Waals surface area (Å²) in [5.41, 5.74) is 5.15. The number of nitrogens with one attached hydrogen (secondary N) is 4. The SMILES string of the molecule is C.C.O=C(Nc1ccc(F)nc1)[C@@H]1C[C@@H](Cl)CN1c1nc(NC2=NCC(C3CC3)=C2)c2cccn2n1.O=C(Nc1ccc(F)nc1)[C@@H]1C[C@H](Cl)CN1c1nc(NC2=NCC(C3CC3)=C2)c2cccn2n1. The first-order chi connectivity index (χ1) is 33.1. The van der Waals surface area contributed by atoms with Crippen molar-refractivity contribution in [1.29, 1.82) is 0 Å². The average Bonchev–Trinajstić information content (AvgIpc) is 3.84. The van der Waals surface area contributed by atoms with Crippen LogP contribution in [0.5, 0.6) is 0 Å². The lowest BCUT2D eigenvalue weighted by atomic mass is 10.2. The quantitative estimate of drug-likeness (QED) is 0.0769. The minimum Gasteiger partial charge on any atom is -0.326 e. The first-order valence-corrected chi connectivity index (χ1v) is 23.3. The minimum absolute atomic E-state index is 0. The largest absolute Gasteiger partial charge is 0.326 e. The second-order valence-electron chi connectivity index (χ2n) is 17.6. The number of nitrogens with zero attached hydrogens (tertiary/aromatic N) is 12. The van der Waals surface area contributed by atoms with E-state index in [1.165, 1.54) is 73.5 Å². The van der Waals surface area contributed by atoms with E-state index in [1.54, 1.807) is 18.8 Å². The summed E-state index contributed by atoms with van der Waals surface area (Å²) in [7, 11) is 0. The Bertz CT molecular complexity index is 2840. The number of hydrogen-bond acceptors (Lipinski definition) is 14. The van der Waals surface area contributed by atoms with Gasteiger partial charge in [0, 0.05) is 25.5 Å². The van der Waals surface area contributed by atoms with Crippen molar-refractivity contribution in [2.24, 2.45) is 21.8 Å². The lowest BCUT2D eigenvalue weighted by Gasteiger charge is -2.24. The average molecular weight is 994 g/mol. The van der Waals surface area contributed by atoms with E-state index in [9.17, 15) is 18.4 Å². The van der Waals surface area contributed by atoms with Gasteiger partial charge in [0.1, 0.15) is 34.8 Å². The van der Waals surface area contributed by atoms with Gasteiger partial charge in [-0.2, -0.15) is 18.7 Å². The van der Waals surface area contributed by atoms with Gasteiger partial charge >= 0.3 is 0 Å². The van der Waals surface area contributed by atoms with Crippen LogP contribution in [0.25, 0.3) is 11.0 Å². The molecule has 70 heavy (non-hydrogen) atoms. The number of rotatable bonds is 10. The van der Waals surface area contributed by atoms with Gasteiger partial charge in [0.05, 0.1) is 47.6 Å². The number of aromatic nitrogens is 8. The van der Waals surface area contributed by atoms with E-state index in [4.69, 9.17) is 33.2 Å². The summed E-state index contributed by atoms with van der Waals surface area (Å²) in [5, 5.41) is 21.0. The molecule has 12 rings (SSSR count). The molecule has 364 valence electrons. The fourth-order valence-corrected chi connectivity index (χ4v) is 9.45. The predicted octanol–water partition coefficient (Wildman–Crippen LogP) is 7.77. The molecule has 6 aromatic heterocycles. The fraction of sp³-hybridized carbons (Fsp3) is 0.375. The summed E-state index contributed by atoms with van der Waals surface area (Å²) in [6.45, 7) is 2.28. The molecule has 2 amide bonds. The Morgan fingerprint density at radius 1 is 0.614 bits per heavy atom. The van der Waals surface area contributed by atoms with Crippen LogP contribution >= 0.6 is 23.2 Å². The molecule has 2 saturated carbocycles. The van der Waals surface area contributed by atoms with Crippen molar-refractivity contribution < 1.29 is 18.4 Å². The minimum atomic E-state index is -0.610. The van der Waals surface area contributed by atoms with Crippen LogP contribution in [0.3, 0.4) is 0 Å². The van der Waals surface area contributed by atoms with Crippen LogP contribution < -0.4 is 31.1 Å². The van der Waals surface area contributed by atoms with E-state index in [-0.39, 0.29) is 37.4 Å². The van der Waals surface area contributed by atoms with Crippen molar-refractivity contribution >= 4 is 92.6 Å². The van der Waals surface area contributed by atoms with Crippen molar-refractivity contribution in [3.63, 3.8) is 0 Å². The summed E-state index contributed by atoms with van der Waals surface area (Å²) in [5.74, 6) is 3.11. The van der Waals surface area contributed by atoms with E-state index in [2.05, 4.69) is 63.6 Å². The zero-order valence-electron chi connectivity index (χ0n) is 36.3. The summed E-state index contributed by atoms with van der Waals surface area (Å²) < 4.78 is 29.7. The first kappa shape index (κ1) is 48.0. The van der Waals surface area contributed by atoms with Crippen molar-refractivity contribution in [1.82, 2.24) is 39.2 Å². The second kappa shape index (κ2) is 20.1. The van der Waals surface area contributed by atoms with Crippen LogP contribution in [-0.4, -0.2) is 112 Å². The molecule has 2 saturated heterocycles. The Kier molecular flexibility index (Phi) is 13.8. The highest BCUT2D eigenvalue weighted by Crippen LogP contribution is 2.39. The Hall–Kier alpha value is -7.06. The third-order valence-corrected chi connectivity index (χ3v) is 13.2. The highest BCUT2D eigenvalue weighted by molar-refractivity contribution is 6.22. The number of amidine groups is 2. The van der Waals surface area contributed by atoms with Gasteiger partial charge in [-0.15, -0.1) is 33.4 Å². The maximum atomic E-state index is 13.1. The standard InChI is InChI=1S/2C23H22ClFN8O.2CH4/c2*24-15-9-18(22(34)28-16-5-6-19(25)26-11-16)32(12-15)23-30-21(17-2-1-7-33(17)31-23)29-20-8-14(10-27-20)13-3-4-13;;/h2*1-2,5-8,11,13,15,18H,3-4,9-10,12H2,(H,28,34)(H,27,29,30,31);2*1H4/t15-,18+;15-,18-;;/m10../s1. The maximum absolute atomic E-state index is 13.1. The van der Waals surface area contributed by atoms with Crippen molar-refractivity contribution in [2.45, 2.75) is 76.2 Å². The number of carbonyl (C=O) groups excluding carboxylic acids is 2. The molecule has 18 nitrogen and oxygen atoms in total. The Balaban J connectivity index is 0.000000169. The number of pyridine rings is 2. The molecule has 0 aromatic carbocycles. The molecule has 22 heteroatoms. The maximum Gasteiger partial charge on any atom is 0.247 e. The van der Waals surface area contributed by atoms with Crippen molar-refractivity contribution in [3.8, 4) is 0 Å². The third kappa shape index (κ3) is 10.4. The van der Waals surface area contributed by atoms with E-state index in [1.807, 2.05) is 36.7 Å². The van der Waals surface area contributed by atoms with Crippen LogP contribution in [0.15, 0.2) is 107 Å². The van der Waals surface area contributed by atoms with Crippen LogP contribution in [0.4, 0.5) is 43.7 Å². The molecule has 0 spiro atoms. The van der Waals surface area contributed by atoms with E-state index in [0.717, 1.165) is 35.8 Å². The lowest BCUT2D eigenvalue weighted by molar-refractivity contribution is -0.118. The Morgan fingerprint density at radius 2 is 1.04 bits per heavy atom. The topological polar surface area (TPSA) is 200 Å². The molecule has 2 aliphatic carbocycles. The van der Waals surface area contributed by atoms with Gasteiger partial charge in [-0.25, -0.2) is 19.0 Å². The zero-order valence-corrected chi connectivity index (χ0v) is 37.8. The van der Waals surface area contributed by atoms with Crippen LogP contribution in [0.2, 0.25) is 0 Å². The summed E-state index contributed by atoms with van der Waals surface area (Å²) >= 11 is 12.9. The van der Waals surface area contributed by atoms with E-state index >= 15 is 0 Å². The number of hydrogen-bond donors (Lipinski definition) is 4. The molecule has 4 fully saturated rings. The van der Waals surface area contributed by atoms with Crippen LogP contribution in [0.1, 0.15) is 53.4 Å². The molecule has 10 heterocycles. The third-order valence-electron chi connectivity index (χ3n) is 12.6. The lowest BCUT2D eigenvalue weighted by Crippen LogP contribution is -2.41. The van der Waals surface area contributed by atoms with Crippen molar-refractivity contribution in [3.05, 3.63) is 109 Å². The van der Waals surface area contributed by atoms with Gasteiger partial charge in [0.25, 0.3) is 0 Å². The Morgan fingerprint density at radius 3 is 1.43 bits per heavy atom. The number of anilines is 6. The van der Waals surface area contributed by atoms with Crippen molar-refractivity contribution in [2.75, 3.05) is 57.2 Å². The van der Waals surface area contributed by atoms with Gasteiger partial charge in [0.15, 0.2) is 11.6 Å². The number of amides is 2. The van der Waals surface area contributed by atoms with Gasteiger partial charge in [-0.05, 0) is 122 Å². The number of aliphatic imine (C=N–C) groups is 2. The Labute approximate surface area is 412 Å². The predicted molar refractivity (Wildman–Crippen MR) is 269 cm³/mol. The number of alkyl halides is 2. The van der Waals surface area contributed by atoms with Gasteiger partial charge < -0.3 is 31.1 Å². The molecule has 6 aliphatic rings. The van der Waals surface area contributed by atoms with E-state index in [0.29, 0.717) is 72.7 Å². The summed E-state index contributed by atoms with van der Waals surface area (Å²) in [6, 6.07) is 11.8. The molecule has 0 unspecified atom stereocenters. The monoisotopic (exact) mass is 992 g/mol. The smallest absolute Gasteiger partial charge is 0.247 e. The number of carbonyl (C=O) groups is 2. The first-order valence-electron chi connectivity index (χ1n) is 22.5. The van der Waals surface area contributed by atoms with Gasteiger partial charge in [-0.1, -0.05) is 14.9 Å². The molecular weight excluding hydrogens is 942 g/mol. The molecule has 4 N–H and O–H groups in total. The second-order valence-corrected chi connectivity index (χ2v) is 18.8. The highest BCUT2D eigenvalue weighted by Gasteiger charge is 2.40.